The van der Waals surface area contributed by atoms with Gasteiger partial charge in [0.2, 0.25) is 5.91 Å². The largest absolute Gasteiger partial charge is 0.394 e. The van der Waals surface area contributed by atoms with Gasteiger partial charge < -0.3 is 50.5 Å². The summed E-state index contributed by atoms with van der Waals surface area (Å²) in [6.07, 6.45) is 37.2. The third kappa shape index (κ3) is 29.5. The van der Waals surface area contributed by atoms with E-state index < -0.39 is 74.2 Å². The summed E-state index contributed by atoms with van der Waals surface area (Å²) in [5.41, 5.74) is 0. The van der Waals surface area contributed by atoms with Crippen molar-refractivity contribution in [1.29, 1.82) is 0 Å². The van der Waals surface area contributed by atoms with Gasteiger partial charge in [-0.2, -0.15) is 0 Å². The van der Waals surface area contributed by atoms with E-state index in [0.717, 1.165) is 70.6 Å². The lowest BCUT2D eigenvalue weighted by Gasteiger charge is -2.40. The van der Waals surface area contributed by atoms with Crippen LogP contribution in [0.3, 0.4) is 0 Å². The molecule has 1 fully saturated rings. The van der Waals surface area contributed by atoms with Gasteiger partial charge in [-0.15, -0.1) is 0 Å². The lowest BCUT2D eigenvalue weighted by atomic mass is 9.98. The van der Waals surface area contributed by atoms with Gasteiger partial charge >= 0.3 is 0 Å². The van der Waals surface area contributed by atoms with Gasteiger partial charge in [-0.3, -0.25) is 4.79 Å². The zero-order valence-electron chi connectivity index (χ0n) is 39.1. The number of hydrogen-bond donors (Lipinski definition) is 8. The molecule has 0 aliphatic carbocycles. The van der Waals surface area contributed by atoms with E-state index in [1.165, 1.54) is 83.5 Å². The minimum atomic E-state index is -1.67. The lowest BCUT2D eigenvalue weighted by Crippen LogP contribution is -2.60. The van der Waals surface area contributed by atoms with Gasteiger partial charge in [0.15, 0.2) is 6.29 Å². The van der Waals surface area contributed by atoms with Gasteiger partial charge in [0, 0.05) is 0 Å². The fraction of sp³-hybridized carbons (Fsp3) is 0.824. The smallest absolute Gasteiger partial charge is 0.249 e. The first-order valence-corrected chi connectivity index (χ1v) is 25.0. The number of aliphatic hydroxyl groups excluding tert-OH is 7. The van der Waals surface area contributed by atoms with Crippen molar-refractivity contribution in [2.75, 3.05) is 13.2 Å². The molecule has 0 aromatic rings. The van der Waals surface area contributed by atoms with Gasteiger partial charge in [0.1, 0.15) is 36.6 Å². The second-order valence-corrected chi connectivity index (χ2v) is 17.5. The summed E-state index contributed by atoms with van der Waals surface area (Å²) < 4.78 is 11.1. The summed E-state index contributed by atoms with van der Waals surface area (Å²) >= 11 is 0. The number of ether oxygens (including phenoxy) is 2. The van der Waals surface area contributed by atoms with E-state index in [-0.39, 0.29) is 12.8 Å². The van der Waals surface area contributed by atoms with Gasteiger partial charge in [-0.05, 0) is 89.9 Å². The molecule has 0 saturated carbocycles. The van der Waals surface area contributed by atoms with Crippen molar-refractivity contribution < 1.29 is 50.0 Å². The van der Waals surface area contributed by atoms with Crippen LogP contribution in [0.5, 0.6) is 0 Å². The Morgan fingerprint density at radius 1 is 0.548 bits per heavy atom. The summed E-state index contributed by atoms with van der Waals surface area (Å²) in [6.45, 7) is 3.39. The highest BCUT2D eigenvalue weighted by molar-refractivity contribution is 5.80. The topological polar surface area (TPSA) is 189 Å². The monoisotopic (exact) mass is 880 g/mol. The van der Waals surface area contributed by atoms with Crippen molar-refractivity contribution in [2.45, 2.75) is 255 Å². The Hall–Kier alpha value is -1.93. The standard InChI is InChI=1S/C51H93NO10/c1-3-5-7-9-11-13-15-17-19-21-22-23-25-27-29-31-33-35-37-39-44(55)50(60)52-42(41-61-51-49(59)48(58)47(57)45(40-53)62-51)46(56)43(54)38-36-34-32-30-28-26-24-20-18-16-14-12-10-8-6-4-2/h12,14,20,22-24,30,32,42-49,51,53-59H,3-11,13,15-19,21,25-29,31,33-41H2,1-2H3,(H,52,60)/b14-12+,23-22-,24-20+,32-30+. The molecule has 362 valence electrons. The SMILES string of the molecule is CCCCC/C=C/CC/C=C/CC/C=C/CCCC(O)C(O)C(COC1OC(CO)C(O)C(O)C1O)NC(=O)C(O)CCCCCCCC/C=C\CCCCCCCCCCC. The van der Waals surface area contributed by atoms with Crippen LogP contribution in [0.4, 0.5) is 0 Å². The van der Waals surface area contributed by atoms with Crippen LogP contribution in [0.15, 0.2) is 48.6 Å². The molecule has 1 aliphatic rings. The second kappa shape index (κ2) is 40.6. The highest BCUT2D eigenvalue weighted by Crippen LogP contribution is 2.23. The number of rotatable bonds is 41. The zero-order valence-corrected chi connectivity index (χ0v) is 39.1. The number of amides is 1. The van der Waals surface area contributed by atoms with E-state index in [9.17, 15) is 40.5 Å². The van der Waals surface area contributed by atoms with Crippen molar-refractivity contribution >= 4 is 5.91 Å². The van der Waals surface area contributed by atoms with E-state index in [4.69, 9.17) is 9.47 Å². The van der Waals surface area contributed by atoms with E-state index >= 15 is 0 Å². The maximum atomic E-state index is 13.1. The number of carbonyl (C=O) groups excluding carboxylic acids is 1. The van der Waals surface area contributed by atoms with Crippen molar-refractivity contribution in [1.82, 2.24) is 5.32 Å². The molecule has 0 spiro atoms. The van der Waals surface area contributed by atoms with E-state index in [1.807, 2.05) is 0 Å². The molecule has 11 heteroatoms. The molecule has 1 amide bonds. The van der Waals surface area contributed by atoms with Crippen LogP contribution in [-0.4, -0.2) is 110 Å². The molecule has 9 atom stereocenters. The third-order valence-corrected chi connectivity index (χ3v) is 11.8. The summed E-state index contributed by atoms with van der Waals surface area (Å²) in [5.74, 6) is -0.719. The number of aliphatic hydroxyl groups is 7. The van der Waals surface area contributed by atoms with Crippen LogP contribution < -0.4 is 5.32 Å². The van der Waals surface area contributed by atoms with E-state index in [2.05, 4.69) is 67.8 Å². The van der Waals surface area contributed by atoms with E-state index in [1.54, 1.807) is 0 Å². The fourth-order valence-electron chi connectivity index (χ4n) is 7.64. The van der Waals surface area contributed by atoms with Crippen LogP contribution >= 0.6 is 0 Å². The highest BCUT2D eigenvalue weighted by Gasteiger charge is 2.44. The number of unbranched alkanes of at least 4 members (excludes halogenated alkanes) is 21. The predicted octanol–water partition coefficient (Wildman–Crippen LogP) is 8.95. The quantitative estimate of drug-likeness (QED) is 0.0218. The van der Waals surface area contributed by atoms with Gasteiger partial charge in [0.25, 0.3) is 0 Å². The summed E-state index contributed by atoms with van der Waals surface area (Å²) in [5, 5.41) is 75.8. The molecule has 0 radical (unpaired) electrons. The molecule has 0 aromatic carbocycles. The molecule has 1 heterocycles. The maximum Gasteiger partial charge on any atom is 0.249 e. The second-order valence-electron chi connectivity index (χ2n) is 17.5. The van der Waals surface area contributed by atoms with Crippen LogP contribution in [0.1, 0.15) is 200 Å². The minimum absolute atomic E-state index is 0.238. The maximum absolute atomic E-state index is 13.1. The summed E-state index contributed by atoms with van der Waals surface area (Å²) in [7, 11) is 0. The number of allylic oxidation sites excluding steroid dienone is 8. The molecule has 8 N–H and O–H groups in total. The zero-order chi connectivity index (χ0) is 45.5. The normalized spacial score (nSPS) is 21.7. The Morgan fingerprint density at radius 2 is 0.968 bits per heavy atom. The summed E-state index contributed by atoms with van der Waals surface area (Å²) in [6, 6.07) is -1.20. The molecule has 1 rings (SSSR count). The number of hydrogen-bond acceptors (Lipinski definition) is 10. The van der Waals surface area contributed by atoms with Crippen LogP contribution in [0.25, 0.3) is 0 Å². The van der Waals surface area contributed by atoms with Crippen LogP contribution in [0, 0.1) is 0 Å². The van der Waals surface area contributed by atoms with Crippen molar-refractivity contribution in [2.24, 2.45) is 0 Å². The molecule has 9 unspecified atom stereocenters. The molecule has 0 aromatic heterocycles. The minimum Gasteiger partial charge on any atom is -0.394 e. The molecule has 62 heavy (non-hydrogen) atoms. The third-order valence-electron chi connectivity index (χ3n) is 11.8. The van der Waals surface area contributed by atoms with E-state index in [0.29, 0.717) is 19.3 Å². The Balaban J connectivity index is 2.45. The average Bonchev–Trinajstić information content (AvgIpc) is 3.27. The Bertz CT molecular complexity index is 1150. The molecule has 11 nitrogen and oxygen atoms in total. The molecular weight excluding hydrogens is 787 g/mol. The van der Waals surface area contributed by atoms with Crippen molar-refractivity contribution in [3.8, 4) is 0 Å². The van der Waals surface area contributed by atoms with Crippen molar-refractivity contribution in [3.63, 3.8) is 0 Å². The fourth-order valence-corrected chi connectivity index (χ4v) is 7.64. The van der Waals surface area contributed by atoms with Gasteiger partial charge in [-0.1, -0.05) is 159 Å². The molecular formula is C51H93NO10. The lowest BCUT2D eigenvalue weighted by molar-refractivity contribution is -0.303. The van der Waals surface area contributed by atoms with Crippen molar-refractivity contribution in [3.05, 3.63) is 48.6 Å². The Morgan fingerprint density at radius 3 is 1.47 bits per heavy atom. The first-order chi connectivity index (χ1) is 30.2. The highest BCUT2D eigenvalue weighted by atomic mass is 16.7. The van der Waals surface area contributed by atoms with Gasteiger partial charge in [-0.25, -0.2) is 0 Å². The molecule has 1 aliphatic heterocycles. The van der Waals surface area contributed by atoms with Gasteiger partial charge in [0.05, 0.1) is 25.4 Å². The molecule has 1 saturated heterocycles. The summed E-state index contributed by atoms with van der Waals surface area (Å²) in [4.78, 5) is 13.1. The number of nitrogens with one attached hydrogen (secondary N) is 1. The van der Waals surface area contributed by atoms with Crippen LogP contribution in [-0.2, 0) is 14.3 Å². The predicted molar refractivity (Wildman–Crippen MR) is 251 cm³/mol. The first kappa shape index (κ1) is 58.1. The average molecular weight is 880 g/mol. The Kier molecular flexibility index (Phi) is 38.0. The number of carbonyl (C=O) groups is 1. The molecule has 0 bridgehead atoms. The first-order valence-electron chi connectivity index (χ1n) is 25.0. The Labute approximate surface area is 377 Å². The van der Waals surface area contributed by atoms with Crippen LogP contribution in [0.2, 0.25) is 0 Å².